The second kappa shape index (κ2) is 35.2. The topological polar surface area (TPSA) is 119 Å². The molecule has 312 valence electrons. The Balaban J connectivity index is 4.35. The molecule has 2 N–H and O–H groups in total. The van der Waals surface area contributed by atoms with Crippen LogP contribution in [0.15, 0.2) is 0 Å². The Morgan fingerprint density at radius 2 is 0.654 bits per heavy atom. The van der Waals surface area contributed by atoms with Crippen LogP contribution >= 0.6 is 15.2 Å². The van der Waals surface area contributed by atoms with Gasteiger partial charge in [0.1, 0.15) is 0 Å². The Morgan fingerprint density at radius 3 is 0.865 bits per heavy atom. The molecule has 2 atom stereocenters. The lowest BCUT2D eigenvalue weighted by atomic mass is 10.0. The van der Waals surface area contributed by atoms with Crippen molar-refractivity contribution in [1.29, 1.82) is 0 Å². The van der Waals surface area contributed by atoms with Crippen LogP contribution in [0.5, 0.6) is 0 Å². The van der Waals surface area contributed by atoms with Crippen molar-refractivity contribution >= 4 is 21.2 Å². The Kier molecular flexibility index (Phi) is 35.0. The van der Waals surface area contributed by atoms with E-state index in [9.17, 15) is 23.7 Å². The predicted octanol–water partition coefficient (Wildman–Crippen LogP) is 14.6. The van der Waals surface area contributed by atoms with E-state index in [2.05, 4.69) is 13.8 Å². The molecule has 2 unspecified atom stereocenters. The molecule has 0 saturated heterocycles. The maximum absolute atomic E-state index is 13.6. The fraction of sp³-hybridized carbons (Fsp3) is 0.976. The van der Waals surface area contributed by atoms with Gasteiger partial charge in [-0.2, -0.15) is 0 Å². The van der Waals surface area contributed by atoms with Crippen molar-refractivity contribution in [2.45, 2.75) is 244 Å². The van der Waals surface area contributed by atoms with E-state index < -0.39 is 32.5 Å². The number of hydrogen-bond acceptors (Lipinski definition) is 6. The first kappa shape index (κ1) is 51.8. The highest BCUT2D eigenvalue weighted by molar-refractivity contribution is 7.75. The predicted molar refractivity (Wildman–Crippen MR) is 220 cm³/mol. The van der Waals surface area contributed by atoms with Crippen molar-refractivity contribution in [2.24, 2.45) is 0 Å². The summed E-state index contributed by atoms with van der Waals surface area (Å²) in [6.07, 6.45) is 38.3. The summed E-state index contributed by atoms with van der Waals surface area (Å²) < 4.78 is 43.1. The molecule has 0 aliphatic heterocycles. The van der Waals surface area contributed by atoms with Gasteiger partial charge >= 0.3 is 21.2 Å². The molecule has 0 aromatic rings. The van der Waals surface area contributed by atoms with Gasteiger partial charge in [-0.3, -0.25) is 13.9 Å². The van der Waals surface area contributed by atoms with Gasteiger partial charge in [0.25, 0.3) is 4.90 Å². The molecule has 0 saturated carbocycles. The first-order valence-corrected chi connectivity index (χ1v) is 25.4. The van der Waals surface area contributed by atoms with Gasteiger partial charge in [-0.05, 0) is 26.2 Å². The van der Waals surface area contributed by atoms with Crippen molar-refractivity contribution in [3.63, 3.8) is 0 Å². The summed E-state index contributed by atoms with van der Waals surface area (Å²) in [7, 11) is -9.87. The minimum atomic E-state index is -4.94. The normalized spacial score (nSPS) is 15.3. The zero-order valence-electron chi connectivity index (χ0n) is 34.7. The second-order valence-electron chi connectivity index (χ2n) is 15.2. The van der Waals surface area contributed by atoms with Gasteiger partial charge in [-0.15, -0.1) is 0 Å². The molecule has 0 spiro atoms. The monoisotopic (exact) mass is 781 g/mol. The molecule has 0 radical (unpaired) electrons. The molecular weight excluding hydrogens is 694 g/mol. The van der Waals surface area contributed by atoms with Crippen molar-refractivity contribution < 1.29 is 37.5 Å². The Labute approximate surface area is 322 Å². The largest absolute Gasteiger partial charge is 0.465 e. The molecule has 0 fully saturated rings. The number of unbranched alkanes of at least 4 members (excludes halogenated alkanes) is 30. The van der Waals surface area contributed by atoms with Crippen LogP contribution in [0.1, 0.15) is 240 Å². The van der Waals surface area contributed by atoms with Crippen LogP contribution in [-0.2, 0) is 27.7 Å². The maximum atomic E-state index is 13.6. The van der Waals surface area contributed by atoms with Crippen molar-refractivity contribution in [1.82, 2.24) is 0 Å². The summed E-state index contributed by atoms with van der Waals surface area (Å²) in [6, 6.07) is 0. The average molecular weight is 781 g/mol. The zero-order valence-corrected chi connectivity index (χ0v) is 36.5. The molecule has 0 bridgehead atoms. The van der Waals surface area contributed by atoms with Gasteiger partial charge in [-0.25, -0.2) is 0 Å². The van der Waals surface area contributed by atoms with E-state index >= 15 is 0 Å². The SMILES string of the molecule is CCCCCCCCCCCCCCCCCCOP(=O)(O)C(CC)(C(=O)OCC)P(=O)(O)OCCCCCCCCCCCCCCCCCC. The van der Waals surface area contributed by atoms with E-state index in [-0.39, 0.29) is 19.8 Å². The van der Waals surface area contributed by atoms with Crippen LogP contribution in [0.3, 0.4) is 0 Å². The average Bonchev–Trinajstić information content (AvgIpc) is 3.11. The van der Waals surface area contributed by atoms with E-state index in [0.717, 1.165) is 38.5 Å². The fourth-order valence-corrected chi connectivity index (χ4v) is 11.3. The summed E-state index contributed by atoms with van der Waals surface area (Å²) >= 11 is 0. The number of ether oxygens (including phenoxy) is 1. The molecule has 0 heterocycles. The number of carbonyl (C=O) groups is 1. The summed E-state index contributed by atoms with van der Waals surface area (Å²) in [6.45, 7) is 7.25. The lowest BCUT2D eigenvalue weighted by Crippen LogP contribution is -2.41. The molecule has 8 nitrogen and oxygen atoms in total. The molecule has 10 heteroatoms. The summed E-state index contributed by atoms with van der Waals surface area (Å²) in [5.74, 6) is -1.21. The van der Waals surface area contributed by atoms with Crippen LogP contribution in [0.4, 0.5) is 0 Å². The summed E-state index contributed by atoms with van der Waals surface area (Å²) in [5.41, 5.74) is 0. The summed E-state index contributed by atoms with van der Waals surface area (Å²) in [5, 5.41) is 0. The molecule has 0 aromatic heterocycles. The molecule has 0 aromatic carbocycles. The lowest BCUT2D eigenvalue weighted by molar-refractivity contribution is -0.145. The molecule has 0 amide bonds. The van der Waals surface area contributed by atoms with Crippen LogP contribution in [0, 0.1) is 0 Å². The number of rotatable bonds is 41. The van der Waals surface area contributed by atoms with Crippen molar-refractivity contribution in [3.05, 3.63) is 0 Å². The minimum Gasteiger partial charge on any atom is -0.465 e. The molecule has 52 heavy (non-hydrogen) atoms. The van der Waals surface area contributed by atoms with E-state index in [1.54, 1.807) is 6.92 Å². The summed E-state index contributed by atoms with van der Waals surface area (Å²) in [4.78, 5) is 32.5. The standard InChI is InChI=1S/C42H86O8P2/c1-5-9-11-13-15-17-19-21-23-25-27-29-31-33-35-37-39-49-51(44,45)42(7-3,41(43)48-8-4)52(46,47)50-40-38-36-34-32-30-28-26-24-22-20-18-16-14-12-10-6-2/h5-40H2,1-4H3,(H,44,45)(H,46,47). The first-order valence-electron chi connectivity index (χ1n) is 22.3. The Hall–Kier alpha value is -0.230. The quantitative estimate of drug-likeness (QED) is 0.0357. The van der Waals surface area contributed by atoms with E-state index in [0.29, 0.717) is 12.8 Å². The van der Waals surface area contributed by atoms with E-state index in [4.69, 9.17) is 13.8 Å². The smallest absolute Gasteiger partial charge is 0.357 e. The highest BCUT2D eigenvalue weighted by atomic mass is 31.2. The van der Waals surface area contributed by atoms with Gasteiger partial charge in [0, 0.05) is 0 Å². The molecular formula is C42H86O8P2. The van der Waals surface area contributed by atoms with Crippen molar-refractivity contribution in [2.75, 3.05) is 19.8 Å². The highest BCUT2D eigenvalue weighted by Gasteiger charge is 2.68. The molecule has 0 rings (SSSR count). The van der Waals surface area contributed by atoms with Gasteiger partial charge < -0.3 is 23.6 Å². The van der Waals surface area contributed by atoms with Gasteiger partial charge in [0.05, 0.1) is 19.8 Å². The third-order valence-corrected chi connectivity index (χ3v) is 16.0. The molecule has 0 aliphatic rings. The second-order valence-corrected chi connectivity index (χ2v) is 19.7. The number of esters is 1. The number of carbonyl (C=O) groups excluding carboxylic acids is 1. The van der Waals surface area contributed by atoms with E-state index in [1.807, 2.05) is 0 Å². The first-order chi connectivity index (χ1) is 25.2. The highest BCUT2D eigenvalue weighted by Crippen LogP contribution is 2.75. The van der Waals surface area contributed by atoms with Gasteiger partial charge in [-0.1, -0.05) is 213 Å². The van der Waals surface area contributed by atoms with Crippen molar-refractivity contribution in [3.8, 4) is 0 Å². The van der Waals surface area contributed by atoms with Gasteiger partial charge in [0.15, 0.2) is 0 Å². The Bertz CT molecular complexity index is 841. The minimum absolute atomic E-state index is 0.0769. The third kappa shape index (κ3) is 24.3. The number of hydrogen-bond donors (Lipinski definition) is 2. The van der Waals surface area contributed by atoms with Gasteiger partial charge in [0.2, 0.25) is 0 Å². The van der Waals surface area contributed by atoms with E-state index in [1.165, 1.54) is 161 Å². The fourth-order valence-electron chi connectivity index (χ4n) is 7.07. The maximum Gasteiger partial charge on any atom is 0.357 e. The Morgan fingerprint density at radius 1 is 0.423 bits per heavy atom. The zero-order chi connectivity index (χ0) is 38.7. The van der Waals surface area contributed by atoms with Crippen LogP contribution in [0.25, 0.3) is 0 Å². The van der Waals surface area contributed by atoms with Crippen LogP contribution in [-0.4, -0.2) is 40.5 Å². The third-order valence-electron chi connectivity index (χ3n) is 10.6. The lowest BCUT2D eigenvalue weighted by Gasteiger charge is -2.35. The van der Waals surface area contributed by atoms with Crippen LogP contribution in [0.2, 0.25) is 0 Å². The molecule has 0 aliphatic carbocycles. The van der Waals surface area contributed by atoms with Crippen LogP contribution < -0.4 is 0 Å².